The molecule has 2 nitrogen and oxygen atoms in total. The highest BCUT2D eigenvalue weighted by molar-refractivity contribution is 7.97. The molecule has 2 saturated heterocycles. The zero-order valence-corrected chi connectivity index (χ0v) is 15.4. The van der Waals surface area contributed by atoms with Gasteiger partial charge in [-0.3, -0.25) is 0 Å². The maximum absolute atomic E-state index is 6.27. The predicted octanol–water partition coefficient (Wildman–Crippen LogP) is 5.20. The van der Waals surface area contributed by atoms with Crippen molar-refractivity contribution in [3.8, 4) is 0 Å². The molecule has 0 bridgehead atoms. The van der Waals surface area contributed by atoms with E-state index in [4.69, 9.17) is 23.2 Å². The monoisotopic (exact) mass is 358 g/mol. The lowest BCUT2D eigenvalue weighted by molar-refractivity contribution is 0.103. The van der Waals surface area contributed by atoms with Crippen molar-refractivity contribution in [3.05, 3.63) is 28.2 Å². The van der Waals surface area contributed by atoms with Gasteiger partial charge >= 0.3 is 0 Å². The third-order valence-corrected chi connectivity index (χ3v) is 6.72. The number of nitrogens with zero attached hydrogens (tertiary/aromatic N) is 2. The standard InChI is InChI=1S/C17H24Cl2N2S/c1-13-4-8-20(9-5-13)15-6-10-21(11-7-15)22-17-3-2-14(18)12-16(17)19/h2-3,12-13,15H,4-11H2,1H3. The predicted molar refractivity (Wildman–Crippen MR) is 96.9 cm³/mol. The zero-order chi connectivity index (χ0) is 15.5. The highest BCUT2D eigenvalue weighted by Crippen LogP contribution is 2.34. The van der Waals surface area contributed by atoms with Gasteiger partial charge in [-0.05, 0) is 74.8 Å². The average molecular weight is 359 g/mol. The second-order valence-corrected chi connectivity index (χ2v) is 8.53. The van der Waals surface area contributed by atoms with Crippen LogP contribution in [0.3, 0.4) is 0 Å². The summed E-state index contributed by atoms with van der Waals surface area (Å²) in [5, 5.41) is 1.46. The van der Waals surface area contributed by atoms with Crippen LogP contribution in [0.15, 0.2) is 23.1 Å². The SMILES string of the molecule is CC1CCN(C2CCN(Sc3ccc(Cl)cc3Cl)CC2)CC1. The Morgan fingerprint density at radius 3 is 2.32 bits per heavy atom. The molecule has 22 heavy (non-hydrogen) atoms. The van der Waals surface area contributed by atoms with E-state index in [0.717, 1.165) is 35.0 Å². The van der Waals surface area contributed by atoms with E-state index in [9.17, 15) is 0 Å². The summed E-state index contributed by atoms with van der Waals surface area (Å²) in [7, 11) is 0. The molecule has 122 valence electrons. The summed E-state index contributed by atoms with van der Waals surface area (Å²) in [5.41, 5.74) is 0. The molecule has 2 aliphatic rings. The van der Waals surface area contributed by atoms with Crippen molar-refractivity contribution in [2.24, 2.45) is 5.92 Å². The Kier molecular flexibility index (Phi) is 5.97. The van der Waals surface area contributed by atoms with E-state index in [2.05, 4.69) is 16.1 Å². The third kappa shape index (κ3) is 4.33. The Labute approximate surface area is 148 Å². The van der Waals surface area contributed by atoms with Gasteiger partial charge in [0.2, 0.25) is 0 Å². The summed E-state index contributed by atoms with van der Waals surface area (Å²) in [4.78, 5) is 3.83. The molecule has 2 fully saturated rings. The van der Waals surface area contributed by atoms with E-state index in [-0.39, 0.29) is 0 Å². The Morgan fingerprint density at radius 2 is 1.68 bits per heavy atom. The van der Waals surface area contributed by atoms with Gasteiger partial charge in [0.25, 0.3) is 0 Å². The molecule has 2 aliphatic heterocycles. The number of benzene rings is 1. The van der Waals surface area contributed by atoms with Crippen LogP contribution in [0.5, 0.6) is 0 Å². The molecular formula is C17H24Cl2N2S. The molecule has 1 aromatic rings. The summed E-state index contributed by atoms with van der Waals surface area (Å²) in [6.45, 7) is 7.25. The molecule has 3 rings (SSSR count). The van der Waals surface area contributed by atoms with Crippen molar-refractivity contribution in [2.45, 2.75) is 43.5 Å². The van der Waals surface area contributed by atoms with Crippen LogP contribution in [0.4, 0.5) is 0 Å². The van der Waals surface area contributed by atoms with Crippen LogP contribution in [0, 0.1) is 5.92 Å². The molecule has 1 aromatic carbocycles. The number of piperidine rings is 2. The third-order valence-electron chi connectivity index (χ3n) is 4.88. The molecule has 0 unspecified atom stereocenters. The molecule has 5 heteroatoms. The maximum Gasteiger partial charge on any atom is 0.0569 e. The maximum atomic E-state index is 6.27. The largest absolute Gasteiger partial charge is 0.300 e. The van der Waals surface area contributed by atoms with Gasteiger partial charge in [-0.2, -0.15) is 0 Å². The second-order valence-electron chi connectivity index (χ2n) is 6.54. The lowest BCUT2D eigenvalue weighted by atomic mass is 9.95. The first-order chi connectivity index (χ1) is 10.6. The molecule has 0 aliphatic carbocycles. The summed E-state index contributed by atoms with van der Waals surface area (Å²) < 4.78 is 2.44. The lowest BCUT2D eigenvalue weighted by Gasteiger charge is -2.41. The smallest absolute Gasteiger partial charge is 0.0569 e. The minimum absolute atomic E-state index is 0.701. The van der Waals surface area contributed by atoms with Gasteiger partial charge in [-0.15, -0.1) is 0 Å². The minimum atomic E-state index is 0.701. The van der Waals surface area contributed by atoms with Gasteiger partial charge in [0, 0.05) is 29.0 Å². The summed E-state index contributed by atoms with van der Waals surface area (Å²) in [5.74, 6) is 0.916. The van der Waals surface area contributed by atoms with Gasteiger partial charge in [-0.1, -0.05) is 30.1 Å². The van der Waals surface area contributed by atoms with Crippen molar-refractivity contribution in [3.63, 3.8) is 0 Å². The fourth-order valence-corrected chi connectivity index (χ4v) is 4.84. The van der Waals surface area contributed by atoms with E-state index >= 15 is 0 Å². The van der Waals surface area contributed by atoms with Crippen molar-refractivity contribution in [1.82, 2.24) is 9.21 Å². The van der Waals surface area contributed by atoms with Gasteiger partial charge in [0.1, 0.15) is 0 Å². The topological polar surface area (TPSA) is 6.48 Å². The van der Waals surface area contributed by atoms with E-state index in [1.165, 1.54) is 38.8 Å². The average Bonchev–Trinajstić information content (AvgIpc) is 2.52. The van der Waals surface area contributed by atoms with E-state index < -0.39 is 0 Å². The van der Waals surface area contributed by atoms with Crippen LogP contribution in [-0.4, -0.2) is 41.4 Å². The van der Waals surface area contributed by atoms with Gasteiger partial charge in [-0.25, -0.2) is 4.31 Å². The van der Waals surface area contributed by atoms with Crippen molar-refractivity contribution in [1.29, 1.82) is 0 Å². The molecule has 0 amide bonds. The van der Waals surface area contributed by atoms with Crippen LogP contribution in [0.1, 0.15) is 32.6 Å². The number of hydrogen-bond donors (Lipinski definition) is 0. The molecule has 0 atom stereocenters. The van der Waals surface area contributed by atoms with Crippen molar-refractivity contribution in [2.75, 3.05) is 26.2 Å². The Balaban J connectivity index is 1.49. The Bertz CT molecular complexity index is 495. The van der Waals surface area contributed by atoms with E-state index in [1.54, 1.807) is 11.9 Å². The first-order valence-corrected chi connectivity index (χ1v) is 9.77. The molecule has 0 N–H and O–H groups in total. The fourth-order valence-electron chi connectivity index (χ4n) is 3.38. The number of likely N-dealkylation sites (tertiary alicyclic amines) is 1. The molecule has 0 radical (unpaired) electrons. The molecule has 0 saturated carbocycles. The molecule has 2 heterocycles. The Morgan fingerprint density at radius 1 is 1.00 bits per heavy atom. The molecule has 0 spiro atoms. The van der Waals surface area contributed by atoms with E-state index in [0.29, 0.717) is 5.02 Å². The summed E-state index contributed by atoms with van der Waals surface area (Å²) in [6, 6.07) is 6.54. The van der Waals surface area contributed by atoms with E-state index in [1.807, 2.05) is 18.2 Å². The summed E-state index contributed by atoms with van der Waals surface area (Å²) >= 11 is 14.0. The van der Waals surface area contributed by atoms with Gasteiger partial charge in [0.05, 0.1) is 5.02 Å². The summed E-state index contributed by atoms with van der Waals surface area (Å²) in [6.07, 6.45) is 5.28. The number of halogens is 2. The zero-order valence-electron chi connectivity index (χ0n) is 13.1. The number of rotatable bonds is 3. The highest BCUT2D eigenvalue weighted by Gasteiger charge is 2.27. The van der Waals surface area contributed by atoms with Crippen LogP contribution in [0.25, 0.3) is 0 Å². The lowest BCUT2D eigenvalue weighted by Crippen LogP contribution is -2.46. The Hall–Kier alpha value is 0.0700. The second kappa shape index (κ2) is 7.76. The van der Waals surface area contributed by atoms with Crippen LogP contribution >= 0.6 is 35.1 Å². The van der Waals surface area contributed by atoms with Gasteiger partial charge < -0.3 is 4.90 Å². The van der Waals surface area contributed by atoms with Crippen molar-refractivity contribution >= 4 is 35.1 Å². The van der Waals surface area contributed by atoms with Crippen LogP contribution < -0.4 is 0 Å². The quantitative estimate of drug-likeness (QED) is 0.685. The van der Waals surface area contributed by atoms with Crippen LogP contribution in [0.2, 0.25) is 10.0 Å². The molecule has 0 aromatic heterocycles. The first-order valence-electron chi connectivity index (χ1n) is 8.24. The highest BCUT2D eigenvalue weighted by atomic mass is 35.5. The number of hydrogen-bond acceptors (Lipinski definition) is 3. The normalized spacial score (nSPS) is 23.0. The molecular weight excluding hydrogens is 335 g/mol. The van der Waals surface area contributed by atoms with Gasteiger partial charge in [0.15, 0.2) is 0 Å². The van der Waals surface area contributed by atoms with Crippen molar-refractivity contribution < 1.29 is 0 Å². The van der Waals surface area contributed by atoms with Crippen LogP contribution in [-0.2, 0) is 0 Å². The first kappa shape index (κ1) is 16.9. The fraction of sp³-hybridized carbons (Fsp3) is 0.647. The minimum Gasteiger partial charge on any atom is -0.300 e.